The first kappa shape index (κ1) is 11.5. The third-order valence-corrected chi connectivity index (χ3v) is 4.14. The summed E-state index contributed by atoms with van der Waals surface area (Å²) in [6.07, 6.45) is 0. The number of halogens is 2. The van der Waals surface area contributed by atoms with Gasteiger partial charge in [-0.2, -0.15) is 0 Å². The molecule has 0 aliphatic carbocycles. The smallest absolute Gasteiger partial charge is 0.168 e. The fourth-order valence-electron chi connectivity index (χ4n) is 1.50. The minimum atomic E-state index is -0.475. The van der Waals surface area contributed by atoms with E-state index < -0.39 is 5.82 Å². The summed E-state index contributed by atoms with van der Waals surface area (Å²) in [4.78, 5) is 12.5. The number of hydrogen-bond donors (Lipinski definition) is 1. The molecule has 2 nitrogen and oxygen atoms in total. The molecule has 2 rings (SSSR count). The number of benzene rings is 1. The van der Waals surface area contributed by atoms with Crippen LogP contribution >= 0.6 is 23.4 Å². The Bertz CT molecular complexity index is 513. The zero-order valence-electron chi connectivity index (χ0n) is 8.73. The molecule has 0 saturated heterocycles. The van der Waals surface area contributed by atoms with E-state index in [-0.39, 0.29) is 10.8 Å². The fraction of sp³-hybridized carbons (Fsp3) is 0.182. The molecule has 0 aromatic heterocycles. The first-order valence-corrected chi connectivity index (χ1v) is 5.85. The second-order valence-corrected chi connectivity index (χ2v) is 4.87. The molecule has 1 N–H and O–H groups in total. The Balaban J connectivity index is 2.52. The van der Waals surface area contributed by atoms with Crippen LogP contribution in [0.3, 0.4) is 0 Å². The van der Waals surface area contributed by atoms with Crippen LogP contribution in [-0.2, 0) is 4.79 Å². The zero-order valence-corrected chi connectivity index (χ0v) is 10.3. The minimum absolute atomic E-state index is 0.0547. The molecular weight excluding hydrogens is 249 g/mol. The number of fused-ring (bicyclic) bond motifs is 1. The number of nitrogens with one attached hydrogen (secondary N) is 1. The van der Waals surface area contributed by atoms with Crippen LogP contribution in [-0.4, -0.2) is 5.78 Å². The molecule has 16 heavy (non-hydrogen) atoms. The summed E-state index contributed by atoms with van der Waals surface area (Å²) < 4.78 is 13.3. The van der Waals surface area contributed by atoms with E-state index in [0.29, 0.717) is 9.80 Å². The number of hydrogen-bond acceptors (Lipinski definition) is 3. The van der Waals surface area contributed by atoms with Crippen molar-refractivity contribution in [1.82, 2.24) is 0 Å². The fourth-order valence-corrected chi connectivity index (χ4v) is 2.75. The third-order valence-electron chi connectivity index (χ3n) is 2.24. The van der Waals surface area contributed by atoms with Crippen molar-refractivity contribution in [2.45, 2.75) is 18.7 Å². The van der Waals surface area contributed by atoms with E-state index >= 15 is 0 Å². The van der Waals surface area contributed by atoms with Crippen molar-refractivity contribution in [2.75, 3.05) is 5.32 Å². The van der Waals surface area contributed by atoms with Crippen LogP contribution in [0.5, 0.6) is 0 Å². The van der Waals surface area contributed by atoms with Gasteiger partial charge in [0.15, 0.2) is 5.78 Å². The standard InChI is InChI=1S/C11H9ClFNOS/c1-5-10(6(2)15)16-11-8(14-5)4-3-7(13)9(11)12/h3-4,14H,1-2H3. The summed E-state index contributed by atoms with van der Waals surface area (Å²) in [5, 5.41) is 3.10. The Morgan fingerprint density at radius 2 is 2.19 bits per heavy atom. The van der Waals surface area contributed by atoms with Gasteiger partial charge in [-0.25, -0.2) is 4.39 Å². The van der Waals surface area contributed by atoms with Gasteiger partial charge in [-0.05, 0) is 26.0 Å². The molecule has 0 atom stereocenters. The van der Waals surface area contributed by atoms with Crippen molar-refractivity contribution in [1.29, 1.82) is 0 Å². The summed E-state index contributed by atoms with van der Waals surface area (Å²) in [5.74, 6) is -0.529. The van der Waals surface area contributed by atoms with Gasteiger partial charge in [0, 0.05) is 5.70 Å². The summed E-state index contributed by atoms with van der Waals surface area (Å²) in [5.41, 5.74) is 1.51. The molecule has 0 bridgehead atoms. The molecular formula is C11H9ClFNOS. The van der Waals surface area contributed by atoms with Gasteiger partial charge in [0.2, 0.25) is 0 Å². The summed E-state index contributed by atoms with van der Waals surface area (Å²) in [7, 11) is 0. The lowest BCUT2D eigenvalue weighted by Crippen LogP contribution is -2.10. The summed E-state index contributed by atoms with van der Waals surface area (Å²) in [6, 6.07) is 2.92. The van der Waals surface area contributed by atoms with Gasteiger partial charge in [-0.3, -0.25) is 4.79 Å². The Kier molecular flexibility index (Phi) is 2.95. The molecule has 0 radical (unpaired) electrons. The monoisotopic (exact) mass is 257 g/mol. The second-order valence-electron chi connectivity index (χ2n) is 3.48. The molecule has 1 aliphatic rings. The molecule has 1 aromatic carbocycles. The highest BCUT2D eigenvalue weighted by molar-refractivity contribution is 8.04. The van der Waals surface area contributed by atoms with Crippen LogP contribution < -0.4 is 5.32 Å². The highest BCUT2D eigenvalue weighted by Crippen LogP contribution is 2.44. The maximum absolute atomic E-state index is 13.3. The SMILES string of the molecule is CC(=O)C1=C(C)Nc2ccc(F)c(Cl)c2S1. The lowest BCUT2D eigenvalue weighted by molar-refractivity contribution is -0.113. The highest BCUT2D eigenvalue weighted by atomic mass is 35.5. The van der Waals surface area contributed by atoms with E-state index in [9.17, 15) is 9.18 Å². The number of anilines is 1. The third kappa shape index (κ3) is 1.83. The van der Waals surface area contributed by atoms with E-state index in [2.05, 4.69) is 5.32 Å². The van der Waals surface area contributed by atoms with Gasteiger partial charge < -0.3 is 5.32 Å². The van der Waals surface area contributed by atoms with Crippen molar-refractivity contribution >= 4 is 34.8 Å². The first-order chi connectivity index (χ1) is 7.50. The quantitative estimate of drug-likeness (QED) is 0.829. The van der Waals surface area contributed by atoms with E-state index in [1.165, 1.54) is 24.8 Å². The van der Waals surface area contributed by atoms with Gasteiger partial charge in [0.25, 0.3) is 0 Å². The Morgan fingerprint density at radius 1 is 1.50 bits per heavy atom. The molecule has 5 heteroatoms. The van der Waals surface area contributed by atoms with E-state index in [4.69, 9.17) is 11.6 Å². The van der Waals surface area contributed by atoms with E-state index in [0.717, 1.165) is 11.4 Å². The molecule has 84 valence electrons. The number of rotatable bonds is 1. The van der Waals surface area contributed by atoms with Gasteiger partial charge in [-0.15, -0.1) is 0 Å². The second kappa shape index (κ2) is 4.11. The predicted octanol–water partition coefficient (Wildman–Crippen LogP) is 3.82. The topological polar surface area (TPSA) is 29.1 Å². The predicted molar refractivity (Wildman–Crippen MR) is 64.3 cm³/mol. The number of thioether (sulfide) groups is 1. The van der Waals surface area contributed by atoms with E-state index in [1.807, 2.05) is 6.92 Å². The Labute approximate surface area is 102 Å². The summed E-state index contributed by atoms with van der Waals surface area (Å²) in [6.45, 7) is 3.29. The number of ketones is 1. The lowest BCUT2D eigenvalue weighted by atomic mass is 10.2. The molecule has 0 fully saturated rings. The van der Waals surface area contributed by atoms with Crippen LogP contribution in [0.4, 0.5) is 10.1 Å². The molecule has 0 unspecified atom stereocenters. The normalized spacial score (nSPS) is 14.5. The average Bonchev–Trinajstić information content (AvgIpc) is 2.23. The van der Waals surface area contributed by atoms with Crippen molar-refractivity contribution in [3.8, 4) is 0 Å². The average molecular weight is 258 g/mol. The number of carbonyl (C=O) groups is 1. The summed E-state index contributed by atoms with van der Waals surface area (Å²) >= 11 is 7.07. The van der Waals surface area contributed by atoms with Gasteiger partial charge in [0.1, 0.15) is 5.82 Å². The van der Waals surface area contributed by atoms with Crippen LogP contribution in [0.15, 0.2) is 27.6 Å². The van der Waals surface area contributed by atoms with Crippen molar-refractivity contribution in [2.24, 2.45) is 0 Å². The number of allylic oxidation sites excluding steroid dienone is 2. The minimum Gasteiger partial charge on any atom is -0.357 e. The Hall–Kier alpha value is -1.00. The van der Waals surface area contributed by atoms with Crippen molar-refractivity contribution < 1.29 is 9.18 Å². The van der Waals surface area contributed by atoms with Crippen molar-refractivity contribution in [3.63, 3.8) is 0 Å². The van der Waals surface area contributed by atoms with Crippen LogP contribution in [0.25, 0.3) is 0 Å². The molecule has 1 heterocycles. The highest BCUT2D eigenvalue weighted by Gasteiger charge is 2.22. The maximum atomic E-state index is 13.3. The van der Waals surface area contributed by atoms with Crippen LogP contribution in [0.1, 0.15) is 13.8 Å². The molecule has 0 amide bonds. The molecule has 1 aromatic rings. The molecule has 1 aliphatic heterocycles. The maximum Gasteiger partial charge on any atom is 0.168 e. The molecule has 0 saturated carbocycles. The first-order valence-electron chi connectivity index (χ1n) is 4.65. The van der Waals surface area contributed by atoms with Crippen LogP contribution in [0, 0.1) is 5.82 Å². The number of carbonyl (C=O) groups excluding carboxylic acids is 1. The Morgan fingerprint density at radius 3 is 2.81 bits per heavy atom. The molecule has 0 spiro atoms. The van der Waals surface area contributed by atoms with Gasteiger partial charge in [0.05, 0.1) is 20.5 Å². The largest absolute Gasteiger partial charge is 0.357 e. The lowest BCUT2D eigenvalue weighted by Gasteiger charge is -2.21. The van der Waals surface area contributed by atoms with Gasteiger partial charge >= 0.3 is 0 Å². The van der Waals surface area contributed by atoms with Crippen molar-refractivity contribution in [3.05, 3.63) is 33.6 Å². The van der Waals surface area contributed by atoms with Crippen LogP contribution in [0.2, 0.25) is 5.02 Å². The number of Topliss-reactive ketones (excluding diaryl/α,β-unsaturated/α-hetero) is 1. The van der Waals surface area contributed by atoms with E-state index in [1.54, 1.807) is 6.07 Å². The van der Waals surface area contributed by atoms with Gasteiger partial charge in [-0.1, -0.05) is 23.4 Å². The zero-order chi connectivity index (χ0) is 11.9.